The van der Waals surface area contributed by atoms with Gasteiger partial charge in [0.15, 0.2) is 0 Å². The van der Waals surface area contributed by atoms with E-state index in [1.165, 1.54) is 0 Å². The number of nitrogen functional groups attached to an aromatic ring is 1. The lowest BCUT2D eigenvalue weighted by molar-refractivity contribution is 0.270. The zero-order valence-corrected chi connectivity index (χ0v) is 14.6. The fraction of sp³-hybridized carbons (Fsp3) is 0.438. The number of anilines is 2. The number of aliphatic hydroxyl groups excluding tert-OH is 1. The molecule has 1 atom stereocenters. The van der Waals surface area contributed by atoms with Gasteiger partial charge in [0.2, 0.25) is 5.95 Å². The zero-order valence-electron chi connectivity index (χ0n) is 13.9. The van der Waals surface area contributed by atoms with Crippen LogP contribution in [0.15, 0.2) is 6.20 Å². The number of rotatable bonds is 4. The van der Waals surface area contributed by atoms with Crippen molar-refractivity contribution in [2.45, 2.75) is 26.3 Å². The zero-order chi connectivity index (χ0) is 17.4. The second-order valence-electron chi connectivity index (χ2n) is 5.90. The third-order valence-electron chi connectivity index (χ3n) is 4.40. The quantitative estimate of drug-likeness (QED) is 0.812. The van der Waals surface area contributed by atoms with Gasteiger partial charge in [-0.05, 0) is 25.0 Å². The molecule has 2 aromatic rings. The van der Waals surface area contributed by atoms with E-state index in [2.05, 4.69) is 15.0 Å². The third kappa shape index (κ3) is 2.74. The smallest absolute Gasteiger partial charge is 0.223 e. The summed E-state index contributed by atoms with van der Waals surface area (Å²) in [6.45, 7) is 5.07. The minimum Gasteiger partial charge on any atom is -0.495 e. The summed E-state index contributed by atoms with van der Waals surface area (Å²) in [7, 11) is 1.64. The topological polar surface area (TPSA) is 97.4 Å². The molecule has 0 fully saturated rings. The highest BCUT2D eigenvalue weighted by molar-refractivity contribution is 6.30. The number of methoxy groups -OCH3 is 1. The molecular weight excluding hydrogens is 330 g/mol. The van der Waals surface area contributed by atoms with Gasteiger partial charge in [0, 0.05) is 30.8 Å². The molecule has 0 amide bonds. The molecule has 1 aliphatic rings. The monoisotopic (exact) mass is 349 g/mol. The predicted octanol–water partition coefficient (Wildman–Crippen LogP) is 1.83. The molecule has 128 valence electrons. The van der Waals surface area contributed by atoms with E-state index in [1.807, 2.05) is 24.9 Å². The Morgan fingerprint density at radius 3 is 2.83 bits per heavy atom. The fourth-order valence-corrected chi connectivity index (χ4v) is 3.51. The number of aliphatic hydroxyl groups is 1. The van der Waals surface area contributed by atoms with Gasteiger partial charge in [-0.2, -0.15) is 4.98 Å². The summed E-state index contributed by atoms with van der Waals surface area (Å²) >= 11 is 6.22. The molecule has 0 radical (unpaired) electrons. The lowest BCUT2D eigenvalue weighted by atomic mass is 10.1. The van der Waals surface area contributed by atoms with Crippen LogP contribution in [0.2, 0.25) is 5.15 Å². The number of aromatic nitrogens is 3. The fourth-order valence-electron chi connectivity index (χ4n) is 3.18. The molecule has 24 heavy (non-hydrogen) atoms. The SMILES string of the molecule is COc1c(C)ncc(CN2CC(CO)c3c(Cl)nc(N)nc32)c1C. The molecule has 1 unspecified atom stereocenters. The van der Waals surface area contributed by atoms with Gasteiger partial charge in [-0.1, -0.05) is 11.6 Å². The molecule has 1 aliphatic heterocycles. The molecule has 3 heterocycles. The number of halogens is 1. The molecule has 0 aliphatic carbocycles. The van der Waals surface area contributed by atoms with Crippen molar-refractivity contribution in [3.63, 3.8) is 0 Å². The van der Waals surface area contributed by atoms with Gasteiger partial charge < -0.3 is 20.5 Å². The molecule has 3 rings (SSSR count). The van der Waals surface area contributed by atoms with Gasteiger partial charge in [-0.15, -0.1) is 0 Å². The van der Waals surface area contributed by atoms with Crippen molar-refractivity contribution in [3.8, 4) is 5.75 Å². The van der Waals surface area contributed by atoms with Gasteiger partial charge in [0.1, 0.15) is 16.7 Å². The number of fused-ring (bicyclic) bond motifs is 1. The van der Waals surface area contributed by atoms with E-state index in [0.717, 1.165) is 28.1 Å². The molecule has 0 saturated heterocycles. The lowest BCUT2D eigenvalue weighted by Gasteiger charge is -2.21. The number of nitrogens with zero attached hydrogens (tertiary/aromatic N) is 4. The summed E-state index contributed by atoms with van der Waals surface area (Å²) in [5.41, 5.74) is 9.40. The maximum Gasteiger partial charge on any atom is 0.223 e. The summed E-state index contributed by atoms with van der Waals surface area (Å²) in [6.07, 6.45) is 1.84. The number of hydrogen-bond donors (Lipinski definition) is 2. The first-order valence-corrected chi connectivity index (χ1v) is 8.01. The van der Waals surface area contributed by atoms with Crippen LogP contribution < -0.4 is 15.4 Å². The van der Waals surface area contributed by atoms with E-state index in [0.29, 0.717) is 24.1 Å². The number of ether oxygens (including phenoxy) is 1. The maximum absolute atomic E-state index is 9.66. The molecular formula is C16H20ClN5O2. The van der Waals surface area contributed by atoms with Crippen LogP contribution in [0.5, 0.6) is 5.75 Å². The van der Waals surface area contributed by atoms with Crippen molar-refractivity contribution < 1.29 is 9.84 Å². The predicted molar refractivity (Wildman–Crippen MR) is 92.6 cm³/mol. The Hall–Kier alpha value is -2.12. The van der Waals surface area contributed by atoms with Crippen LogP contribution in [0, 0.1) is 13.8 Å². The van der Waals surface area contributed by atoms with Gasteiger partial charge >= 0.3 is 0 Å². The largest absolute Gasteiger partial charge is 0.495 e. The minimum atomic E-state index is -0.131. The van der Waals surface area contributed by atoms with Gasteiger partial charge in [0.25, 0.3) is 0 Å². The number of pyridine rings is 1. The molecule has 0 saturated carbocycles. The third-order valence-corrected chi connectivity index (χ3v) is 4.68. The average Bonchev–Trinajstić information content (AvgIpc) is 2.88. The van der Waals surface area contributed by atoms with Crippen molar-refractivity contribution in [2.24, 2.45) is 0 Å². The number of nitrogens with two attached hydrogens (primary N) is 1. The Balaban J connectivity index is 1.99. The van der Waals surface area contributed by atoms with Gasteiger partial charge in [-0.3, -0.25) is 4.98 Å². The molecule has 0 spiro atoms. The van der Waals surface area contributed by atoms with Crippen molar-refractivity contribution in [1.29, 1.82) is 0 Å². The summed E-state index contributed by atoms with van der Waals surface area (Å²) in [4.78, 5) is 14.8. The van der Waals surface area contributed by atoms with E-state index >= 15 is 0 Å². The minimum absolute atomic E-state index is 0.0229. The Bertz CT molecular complexity index is 784. The van der Waals surface area contributed by atoms with E-state index in [9.17, 15) is 5.11 Å². The highest BCUT2D eigenvalue weighted by atomic mass is 35.5. The molecule has 8 heteroatoms. The number of hydrogen-bond acceptors (Lipinski definition) is 7. The normalized spacial score (nSPS) is 16.4. The van der Waals surface area contributed by atoms with Crippen molar-refractivity contribution in [1.82, 2.24) is 15.0 Å². The Morgan fingerprint density at radius 1 is 1.42 bits per heavy atom. The van der Waals surface area contributed by atoms with Crippen molar-refractivity contribution in [3.05, 3.63) is 33.7 Å². The van der Waals surface area contributed by atoms with Crippen LogP contribution in [0.1, 0.15) is 28.3 Å². The highest BCUT2D eigenvalue weighted by Gasteiger charge is 2.33. The molecule has 3 N–H and O–H groups in total. The first-order valence-electron chi connectivity index (χ1n) is 7.64. The molecule has 7 nitrogen and oxygen atoms in total. The van der Waals surface area contributed by atoms with Gasteiger partial charge in [0.05, 0.1) is 19.4 Å². The molecule has 0 aromatic carbocycles. The standard InChI is InChI=1S/C16H20ClN5O2/c1-8-10(4-19-9(2)13(8)24-3)5-22-6-11(7-23)12-14(17)20-16(18)21-15(12)22/h4,11,23H,5-7H2,1-3H3,(H2,18,20,21). The van der Waals surface area contributed by atoms with Crippen LogP contribution in [0.4, 0.5) is 11.8 Å². The Morgan fingerprint density at radius 2 is 2.17 bits per heavy atom. The summed E-state index contributed by atoms with van der Waals surface area (Å²) in [6, 6.07) is 0. The average molecular weight is 350 g/mol. The first-order chi connectivity index (χ1) is 11.5. The van der Waals surface area contributed by atoms with Crippen LogP contribution in [-0.2, 0) is 6.54 Å². The van der Waals surface area contributed by atoms with Crippen LogP contribution >= 0.6 is 11.6 Å². The Labute approximate surface area is 145 Å². The van der Waals surface area contributed by atoms with Gasteiger partial charge in [-0.25, -0.2) is 4.98 Å². The summed E-state index contributed by atoms with van der Waals surface area (Å²) in [5, 5.41) is 9.96. The first kappa shape index (κ1) is 16.7. The maximum atomic E-state index is 9.66. The molecule has 2 aromatic heterocycles. The number of aryl methyl sites for hydroxylation is 1. The van der Waals surface area contributed by atoms with Crippen LogP contribution in [0.25, 0.3) is 0 Å². The van der Waals surface area contributed by atoms with Crippen molar-refractivity contribution >= 4 is 23.4 Å². The second kappa shape index (κ2) is 6.41. The molecule has 0 bridgehead atoms. The van der Waals surface area contributed by atoms with E-state index in [4.69, 9.17) is 22.1 Å². The summed E-state index contributed by atoms with van der Waals surface area (Å²) in [5.74, 6) is 1.45. The highest BCUT2D eigenvalue weighted by Crippen LogP contribution is 2.40. The van der Waals surface area contributed by atoms with E-state index in [-0.39, 0.29) is 18.5 Å². The van der Waals surface area contributed by atoms with Crippen LogP contribution in [-0.4, -0.2) is 40.3 Å². The van der Waals surface area contributed by atoms with Crippen molar-refractivity contribution in [2.75, 3.05) is 30.9 Å². The van der Waals surface area contributed by atoms with E-state index in [1.54, 1.807) is 7.11 Å². The summed E-state index contributed by atoms with van der Waals surface area (Å²) < 4.78 is 5.44. The Kier molecular flexibility index (Phi) is 4.47. The lowest BCUT2D eigenvalue weighted by Crippen LogP contribution is -2.23. The second-order valence-corrected chi connectivity index (χ2v) is 6.26. The van der Waals surface area contributed by atoms with Crippen LogP contribution in [0.3, 0.4) is 0 Å². The van der Waals surface area contributed by atoms with E-state index < -0.39 is 0 Å².